The molecule has 7 heteroatoms. The normalized spacial score (nSPS) is 10.9. The molecule has 0 saturated heterocycles. The van der Waals surface area contributed by atoms with Gasteiger partial charge in [-0.05, 0) is 32.4 Å². The predicted octanol–water partition coefficient (Wildman–Crippen LogP) is 2.83. The highest BCUT2D eigenvalue weighted by molar-refractivity contribution is 7.15. The van der Waals surface area contributed by atoms with Gasteiger partial charge < -0.3 is 4.52 Å². The fourth-order valence-electron chi connectivity index (χ4n) is 1.81. The lowest BCUT2D eigenvalue weighted by Gasteiger charge is -1.92. The first-order chi connectivity index (χ1) is 9.67. The van der Waals surface area contributed by atoms with Gasteiger partial charge in [-0.3, -0.25) is 0 Å². The lowest BCUT2D eigenvalue weighted by molar-refractivity contribution is 0.432. The fraction of sp³-hybridized carbons (Fsp3) is 0.308. The van der Waals surface area contributed by atoms with Gasteiger partial charge in [-0.25, -0.2) is 4.98 Å². The van der Waals surface area contributed by atoms with Gasteiger partial charge in [-0.15, -0.1) is 16.4 Å². The second kappa shape index (κ2) is 5.09. The van der Waals surface area contributed by atoms with Crippen molar-refractivity contribution in [3.8, 4) is 22.3 Å². The van der Waals surface area contributed by atoms with E-state index in [1.807, 2.05) is 26.0 Å². The average molecular weight is 287 g/mol. The van der Waals surface area contributed by atoms with Crippen molar-refractivity contribution >= 4 is 11.3 Å². The summed E-state index contributed by atoms with van der Waals surface area (Å²) in [7, 11) is 0. The molecule has 0 aliphatic heterocycles. The van der Waals surface area contributed by atoms with E-state index in [0.29, 0.717) is 17.4 Å². The highest BCUT2D eigenvalue weighted by Gasteiger charge is 2.17. The van der Waals surface area contributed by atoms with Crippen molar-refractivity contribution in [2.75, 3.05) is 0 Å². The molecule has 0 aromatic carbocycles. The summed E-state index contributed by atoms with van der Waals surface area (Å²) in [5, 5.41) is 13.0. The van der Waals surface area contributed by atoms with Crippen molar-refractivity contribution in [1.82, 2.24) is 25.3 Å². The van der Waals surface area contributed by atoms with E-state index in [0.717, 1.165) is 27.7 Å². The topological polar surface area (TPSA) is 77.6 Å². The molecule has 0 saturated carbocycles. The van der Waals surface area contributed by atoms with Crippen LogP contribution in [0.1, 0.15) is 23.3 Å². The maximum atomic E-state index is 5.33. The highest BCUT2D eigenvalue weighted by atomic mass is 32.1. The Morgan fingerprint density at radius 3 is 2.70 bits per heavy atom. The Balaban J connectivity index is 1.99. The predicted molar refractivity (Wildman–Crippen MR) is 75.3 cm³/mol. The highest BCUT2D eigenvalue weighted by Crippen LogP contribution is 2.30. The molecule has 6 nitrogen and oxygen atoms in total. The van der Waals surface area contributed by atoms with Crippen LogP contribution in [0.3, 0.4) is 0 Å². The molecule has 3 aromatic heterocycles. The molecule has 0 bridgehead atoms. The van der Waals surface area contributed by atoms with Gasteiger partial charge in [0.15, 0.2) is 0 Å². The SMILES string of the molecule is CCc1nc(C)sc1-c1nc(-c2ccc(C)nn2)no1. The molecular weight excluding hydrogens is 274 g/mol. The number of hydrogen-bond donors (Lipinski definition) is 0. The molecule has 0 atom stereocenters. The summed E-state index contributed by atoms with van der Waals surface area (Å²) in [5.74, 6) is 0.936. The minimum absolute atomic E-state index is 0.445. The minimum atomic E-state index is 0.445. The van der Waals surface area contributed by atoms with Gasteiger partial charge in [-0.1, -0.05) is 12.1 Å². The van der Waals surface area contributed by atoms with E-state index < -0.39 is 0 Å². The van der Waals surface area contributed by atoms with Crippen LogP contribution in [-0.4, -0.2) is 25.3 Å². The van der Waals surface area contributed by atoms with E-state index in [4.69, 9.17) is 4.52 Å². The summed E-state index contributed by atoms with van der Waals surface area (Å²) in [4.78, 5) is 9.79. The van der Waals surface area contributed by atoms with E-state index in [2.05, 4.69) is 32.2 Å². The number of hydrogen-bond acceptors (Lipinski definition) is 7. The van der Waals surface area contributed by atoms with Crippen LogP contribution in [0.5, 0.6) is 0 Å². The Kier molecular flexibility index (Phi) is 3.27. The van der Waals surface area contributed by atoms with Gasteiger partial charge in [-0.2, -0.15) is 10.1 Å². The Bertz CT molecular complexity index is 732. The van der Waals surface area contributed by atoms with Gasteiger partial charge in [0.05, 0.1) is 16.4 Å². The van der Waals surface area contributed by atoms with Crippen LogP contribution >= 0.6 is 11.3 Å². The van der Waals surface area contributed by atoms with Gasteiger partial charge in [0.1, 0.15) is 10.6 Å². The van der Waals surface area contributed by atoms with Crippen molar-refractivity contribution in [2.45, 2.75) is 27.2 Å². The summed E-state index contributed by atoms with van der Waals surface area (Å²) in [6.07, 6.45) is 0.835. The van der Waals surface area contributed by atoms with Crippen LogP contribution in [0, 0.1) is 13.8 Å². The van der Waals surface area contributed by atoms with Crippen LogP contribution < -0.4 is 0 Å². The molecule has 0 radical (unpaired) electrons. The second-order valence-corrected chi connectivity index (χ2v) is 5.55. The van der Waals surface area contributed by atoms with Crippen molar-refractivity contribution in [3.63, 3.8) is 0 Å². The lowest BCUT2D eigenvalue weighted by atomic mass is 10.3. The molecular formula is C13H13N5OS. The number of rotatable bonds is 3. The first-order valence-electron chi connectivity index (χ1n) is 6.28. The van der Waals surface area contributed by atoms with E-state index in [9.17, 15) is 0 Å². The number of aromatic nitrogens is 5. The third-order valence-corrected chi connectivity index (χ3v) is 3.79. The quantitative estimate of drug-likeness (QED) is 0.737. The number of nitrogens with zero attached hydrogens (tertiary/aromatic N) is 5. The first kappa shape index (κ1) is 12.9. The zero-order valence-electron chi connectivity index (χ0n) is 11.4. The molecule has 20 heavy (non-hydrogen) atoms. The molecule has 0 N–H and O–H groups in total. The molecule has 3 aromatic rings. The minimum Gasteiger partial charge on any atom is -0.333 e. The average Bonchev–Trinajstić information content (AvgIpc) is 3.05. The second-order valence-electron chi connectivity index (χ2n) is 4.35. The number of aryl methyl sites for hydroxylation is 3. The third kappa shape index (κ3) is 2.32. The summed E-state index contributed by atoms with van der Waals surface area (Å²) >= 11 is 1.56. The van der Waals surface area contributed by atoms with Gasteiger partial charge in [0.25, 0.3) is 5.89 Å². The largest absolute Gasteiger partial charge is 0.333 e. The Morgan fingerprint density at radius 2 is 2.00 bits per heavy atom. The summed E-state index contributed by atoms with van der Waals surface area (Å²) < 4.78 is 5.33. The standard InChI is InChI=1S/C13H13N5OS/c1-4-9-11(20-8(3)14-9)13-15-12(18-19-13)10-6-5-7(2)16-17-10/h5-6H,4H2,1-3H3. The Labute approximate surface area is 119 Å². The van der Waals surface area contributed by atoms with E-state index in [-0.39, 0.29) is 0 Å². The summed E-state index contributed by atoms with van der Waals surface area (Å²) in [6.45, 7) is 5.91. The zero-order valence-corrected chi connectivity index (χ0v) is 12.2. The van der Waals surface area contributed by atoms with Crippen molar-refractivity contribution in [1.29, 1.82) is 0 Å². The van der Waals surface area contributed by atoms with Crippen LogP contribution in [-0.2, 0) is 6.42 Å². The Morgan fingerprint density at radius 1 is 1.15 bits per heavy atom. The van der Waals surface area contributed by atoms with Crippen molar-refractivity contribution in [2.24, 2.45) is 0 Å². The molecule has 0 aliphatic rings. The van der Waals surface area contributed by atoms with Gasteiger partial charge in [0.2, 0.25) is 5.82 Å². The van der Waals surface area contributed by atoms with E-state index in [1.165, 1.54) is 0 Å². The van der Waals surface area contributed by atoms with Crippen molar-refractivity contribution in [3.05, 3.63) is 28.5 Å². The maximum absolute atomic E-state index is 5.33. The van der Waals surface area contributed by atoms with Crippen LogP contribution in [0.25, 0.3) is 22.3 Å². The molecule has 3 rings (SSSR count). The molecule has 0 aliphatic carbocycles. The van der Waals surface area contributed by atoms with E-state index >= 15 is 0 Å². The molecule has 3 heterocycles. The van der Waals surface area contributed by atoms with Gasteiger partial charge in [0, 0.05) is 0 Å². The van der Waals surface area contributed by atoms with Crippen molar-refractivity contribution < 1.29 is 4.52 Å². The molecule has 0 unspecified atom stereocenters. The monoisotopic (exact) mass is 287 g/mol. The smallest absolute Gasteiger partial charge is 0.270 e. The van der Waals surface area contributed by atoms with Crippen LogP contribution in [0.4, 0.5) is 0 Å². The lowest BCUT2D eigenvalue weighted by Crippen LogP contribution is -1.91. The Hall–Kier alpha value is -2.15. The van der Waals surface area contributed by atoms with Crippen LogP contribution in [0.2, 0.25) is 0 Å². The fourth-order valence-corrected chi connectivity index (χ4v) is 2.74. The third-order valence-electron chi connectivity index (χ3n) is 2.79. The molecule has 102 valence electrons. The first-order valence-corrected chi connectivity index (χ1v) is 7.10. The number of thiazole rings is 1. The maximum Gasteiger partial charge on any atom is 0.270 e. The zero-order chi connectivity index (χ0) is 14.1. The molecule has 0 fully saturated rings. The summed E-state index contributed by atoms with van der Waals surface area (Å²) in [5.41, 5.74) is 2.44. The molecule has 0 spiro atoms. The summed E-state index contributed by atoms with van der Waals surface area (Å²) in [6, 6.07) is 3.70. The van der Waals surface area contributed by atoms with Crippen LogP contribution in [0.15, 0.2) is 16.7 Å². The van der Waals surface area contributed by atoms with Gasteiger partial charge >= 0.3 is 0 Å². The molecule has 0 amide bonds. The van der Waals surface area contributed by atoms with E-state index in [1.54, 1.807) is 11.3 Å².